The van der Waals surface area contributed by atoms with Gasteiger partial charge >= 0.3 is 17.9 Å². The number of hydrogen-bond donors (Lipinski definition) is 0. The van der Waals surface area contributed by atoms with Crippen LogP contribution in [0.1, 0.15) is 284 Å². The molecule has 0 saturated heterocycles. The van der Waals surface area contributed by atoms with Crippen LogP contribution < -0.4 is 0 Å². The third kappa shape index (κ3) is 60.7. The predicted molar refractivity (Wildman–Crippen MR) is 330 cm³/mol. The number of unbranched alkanes of at least 4 members (excludes halogenated alkanes) is 25. The summed E-state index contributed by atoms with van der Waals surface area (Å²) in [6.07, 6.45) is 87.7. The molecule has 6 nitrogen and oxygen atoms in total. The Kier molecular flexibility index (Phi) is 59.9. The van der Waals surface area contributed by atoms with E-state index in [9.17, 15) is 14.4 Å². The SMILES string of the molecule is CC/C=C\C/C=C\C/C=C\C/C=C\C/C=C\C/C=C\C/C=C\CCCC(=O)OCC(COC(=O)CCCCCCCCC/C=C\C/C=C\CCCCC)OC(=O)CCCCCCCCC/C=C\CCCCCCCCC. The van der Waals surface area contributed by atoms with Gasteiger partial charge in [0.1, 0.15) is 13.2 Å². The second kappa shape index (κ2) is 63.3. The molecule has 0 aromatic heterocycles. The maximum atomic E-state index is 12.9. The van der Waals surface area contributed by atoms with Gasteiger partial charge in [0.2, 0.25) is 0 Å². The van der Waals surface area contributed by atoms with Crippen LogP contribution in [-0.2, 0) is 28.6 Å². The van der Waals surface area contributed by atoms with Crippen molar-refractivity contribution in [3.8, 4) is 0 Å². The van der Waals surface area contributed by atoms with E-state index in [1.165, 1.54) is 135 Å². The summed E-state index contributed by atoms with van der Waals surface area (Å²) in [4.78, 5) is 38.3. The molecule has 0 fully saturated rings. The Bertz CT molecular complexity index is 1590. The minimum absolute atomic E-state index is 0.104. The second-order valence-corrected chi connectivity index (χ2v) is 20.6. The molecule has 0 aromatic carbocycles. The van der Waals surface area contributed by atoms with Crippen molar-refractivity contribution in [1.82, 2.24) is 0 Å². The van der Waals surface area contributed by atoms with Crippen LogP contribution in [0.2, 0.25) is 0 Å². The molecule has 0 aliphatic rings. The van der Waals surface area contributed by atoms with E-state index in [1.807, 2.05) is 0 Å². The Morgan fingerprint density at radius 2 is 0.526 bits per heavy atom. The highest BCUT2D eigenvalue weighted by molar-refractivity contribution is 5.71. The summed E-state index contributed by atoms with van der Waals surface area (Å²) in [5.41, 5.74) is 0. The summed E-state index contributed by atoms with van der Waals surface area (Å²) in [6.45, 7) is 6.45. The molecular weight excluding hydrogens is 937 g/mol. The fraction of sp³-hybridized carbons (Fsp3) is 0.671. The zero-order chi connectivity index (χ0) is 55.0. The Morgan fingerprint density at radius 1 is 0.276 bits per heavy atom. The lowest BCUT2D eigenvalue weighted by atomic mass is 10.1. The van der Waals surface area contributed by atoms with Gasteiger partial charge in [-0.3, -0.25) is 14.4 Å². The molecule has 0 N–H and O–H groups in total. The smallest absolute Gasteiger partial charge is 0.306 e. The van der Waals surface area contributed by atoms with Crippen molar-refractivity contribution in [3.05, 3.63) is 122 Å². The minimum Gasteiger partial charge on any atom is -0.462 e. The quantitative estimate of drug-likeness (QED) is 0.0261. The summed E-state index contributed by atoms with van der Waals surface area (Å²) < 4.78 is 16.9. The van der Waals surface area contributed by atoms with Crippen molar-refractivity contribution in [2.75, 3.05) is 13.2 Å². The minimum atomic E-state index is -0.812. The van der Waals surface area contributed by atoms with Crippen LogP contribution in [0.15, 0.2) is 122 Å². The summed E-state index contributed by atoms with van der Waals surface area (Å²) in [5.74, 6) is -0.973. The first-order chi connectivity index (χ1) is 37.5. The van der Waals surface area contributed by atoms with Gasteiger partial charge in [-0.1, -0.05) is 258 Å². The molecule has 0 spiro atoms. The van der Waals surface area contributed by atoms with Crippen LogP contribution in [0.3, 0.4) is 0 Å². The molecule has 1 unspecified atom stereocenters. The van der Waals surface area contributed by atoms with Crippen LogP contribution in [0.5, 0.6) is 0 Å². The molecule has 0 amide bonds. The van der Waals surface area contributed by atoms with Gasteiger partial charge in [0.25, 0.3) is 0 Å². The first-order valence-corrected chi connectivity index (χ1v) is 31.5. The largest absolute Gasteiger partial charge is 0.462 e. The van der Waals surface area contributed by atoms with Gasteiger partial charge in [0.15, 0.2) is 6.10 Å². The molecule has 432 valence electrons. The Labute approximate surface area is 469 Å². The van der Waals surface area contributed by atoms with E-state index in [2.05, 4.69) is 142 Å². The Morgan fingerprint density at radius 3 is 0.895 bits per heavy atom. The molecule has 0 aromatic rings. The molecule has 0 heterocycles. The van der Waals surface area contributed by atoms with Crippen LogP contribution in [-0.4, -0.2) is 37.2 Å². The van der Waals surface area contributed by atoms with E-state index >= 15 is 0 Å². The third-order valence-corrected chi connectivity index (χ3v) is 13.2. The number of rotatable bonds is 56. The highest BCUT2D eigenvalue weighted by atomic mass is 16.6. The molecule has 0 saturated carbocycles. The predicted octanol–water partition coefficient (Wildman–Crippen LogP) is 21.6. The van der Waals surface area contributed by atoms with Gasteiger partial charge in [-0.25, -0.2) is 0 Å². The van der Waals surface area contributed by atoms with Crippen molar-refractivity contribution >= 4 is 17.9 Å². The molecule has 0 bridgehead atoms. The molecule has 0 radical (unpaired) electrons. The average Bonchev–Trinajstić information content (AvgIpc) is 3.42. The Hall–Kier alpha value is -4.19. The van der Waals surface area contributed by atoms with E-state index in [-0.39, 0.29) is 37.5 Å². The molecular formula is C70H116O6. The van der Waals surface area contributed by atoms with Gasteiger partial charge < -0.3 is 14.2 Å². The average molecular weight is 1050 g/mol. The third-order valence-electron chi connectivity index (χ3n) is 13.2. The van der Waals surface area contributed by atoms with Gasteiger partial charge in [0, 0.05) is 19.3 Å². The van der Waals surface area contributed by atoms with E-state index in [0.717, 1.165) is 103 Å². The molecule has 1 atom stereocenters. The highest BCUT2D eigenvalue weighted by Gasteiger charge is 2.19. The van der Waals surface area contributed by atoms with E-state index < -0.39 is 6.10 Å². The van der Waals surface area contributed by atoms with Crippen molar-refractivity contribution in [2.45, 2.75) is 290 Å². The topological polar surface area (TPSA) is 78.9 Å². The second-order valence-electron chi connectivity index (χ2n) is 20.6. The van der Waals surface area contributed by atoms with E-state index in [4.69, 9.17) is 14.2 Å². The number of esters is 3. The van der Waals surface area contributed by atoms with Crippen molar-refractivity contribution in [3.63, 3.8) is 0 Å². The zero-order valence-corrected chi connectivity index (χ0v) is 49.5. The fourth-order valence-corrected chi connectivity index (χ4v) is 8.46. The number of ether oxygens (including phenoxy) is 3. The Balaban J connectivity index is 4.51. The first-order valence-electron chi connectivity index (χ1n) is 31.5. The lowest BCUT2D eigenvalue weighted by molar-refractivity contribution is -0.167. The molecule has 0 aliphatic heterocycles. The summed E-state index contributed by atoms with van der Waals surface area (Å²) in [7, 11) is 0. The van der Waals surface area contributed by atoms with Crippen LogP contribution in [0.25, 0.3) is 0 Å². The standard InChI is InChI=1S/C70H116O6/c1-4-7-10-13-16-19-22-25-28-31-33-34-35-36-37-40-42-45-48-51-54-57-60-63-69(72)75-66-67(65-74-68(71)62-59-56-53-50-47-44-41-38-30-27-24-21-18-15-12-9-6-3)76-70(73)64-61-58-55-52-49-46-43-39-32-29-26-23-20-17-14-11-8-5-2/h7,10,16,18-19,21,25,27-30,32-34,36-37,42,45,51,54,67H,4-6,8-9,11-15,17,20,22-24,26,31,35,38-41,43-44,46-50,52-53,55-66H2,1-3H3/b10-7-,19-16-,21-18-,28-25-,30-27-,32-29-,34-33-,37-36-,45-42-,54-51-. The summed E-state index contributed by atoms with van der Waals surface area (Å²) in [5, 5.41) is 0. The fourth-order valence-electron chi connectivity index (χ4n) is 8.46. The van der Waals surface area contributed by atoms with Gasteiger partial charge in [-0.2, -0.15) is 0 Å². The normalized spacial score (nSPS) is 12.9. The van der Waals surface area contributed by atoms with Crippen LogP contribution in [0, 0.1) is 0 Å². The van der Waals surface area contributed by atoms with Gasteiger partial charge in [0.05, 0.1) is 0 Å². The van der Waals surface area contributed by atoms with Gasteiger partial charge in [-0.05, 0) is 128 Å². The number of carbonyl (C=O) groups excluding carboxylic acids is 3. The van der Waals surface area contributed by atoms with E-state index in [1.54, 1.807) is 0 Å². The zero-order valence-electron chi connectivity index (χ0n) is 49.5. The van der Waals surface area contributed by atoms with Gasteiger partial charge in [-0.15, -0.1) is 0 Å². The first kappa shape index (κ1) is 71.8. The number of hydrogen-bond acceptors (Lipinski definition) is 6. The van der Waals surface area contributed by atoms with Crippen molar-refractivity contribution < 1.29 is 28.6 Å². The van der Waals surface area contributed by atoms with Crippen molar-refractivity contribution in [1.29, 1.82) is 0 Å². The summed E-state index contributed by atoms with van der Waals surface area (Å²) >= 11 is 0. The monoisotopic (exact) mass is 1050 g/mol. The summed E-state index contributed by atoms with van der Waals surface area (Å²) in [6, 6.07) is 0. The molecule has 76 heavy (non-hydrogen) atoms. The van der Waals surface area contributed by atoms with E-state index in [0.29, 0.717) is 19.3 Å². The maximum Gasteiger partial charge on any atom is 0.306 e. The lowest BCUT2D eigenvalue weighted by Crippen LogP contribution is -2.30. The number of carbonyl (C=O) groups is 3. The number of allylic oxidation sites excluding steroid dienone is 20. The van der Waals surface area contributed by atoms with Crippen LogP contribution in [0.4, 0.5) is 0 Å². The van der Waals surface area contributed by atoms with Crippen LogP contribution >= 0.6 is 0 Å². The molecule has 0 rings (SSSR count). The molecule has 6 heteroatoms. The maximum absolute atomic E-state index is 12.9. The lowest BCUT2D eigenvalue weighted by Gasteiger charge is -2.18. The van der Waals surface area contributed by atoms with Crippen molar-refractivity contribution in [2.24, 2.45) is 0 Å². The highest BCUT2D eigenvalue weighted by Crippen LogP contribution is 2.15. The molecule has 0 aliphatic carbocycles.